The number of halogens is 2. The third kappa shape index (κ3) is 2.94. The molecule has 1 unspecified atom stereocenters. The predicted octanol–water partition coefficient (Wildman–Crippen LogP) is 4.10. The van der Waals surface area contributed by atoms with E-state index in [1.54, 1.807) is 19.2 Å². The second-order valence-corrected chi connectivity index (χ2v) is 5.05. The van der Waals surface area contributed by atoms with Crippen LogP contribution in [-0.2, 0) is 0 Å². The summed E-state index contributed by atoms with van der Waals surface area (Å²) in [4.78, 5) is 0. The number of nitrogens with one attached hydrogen (secondary N) is 1. The number of rotatable bonds is 4. The highest BCUT2D eigenvalue weighted by Crippen LogP contribution is 2.33. The van der Waals surface area contributed by atoms with Crippen LogP contribution < -0.4 is 10.1 Å². The lowest BCUT2D eigenvalue weighted by Gasteiger charge is -2.22. The highest BCUT2D eigenvalue weighted by Gasteiger charge is 2.19. The van der Waals surface area contributed by atoms with Gasteiger partial charge >= 0.3 is 0 Å². The lowest BCUT2D eigenvalue weighted by Crippen LogP contribution is -2.19. The Kier molecular flexibility index (Phi) is 4.63. The van der Waals surface area contributed by atoms with E-state index in [-0.39, 0.29) is 11.9 Å². The maximum atomic E-state index is 13.5. The molecular formula is C16H17ClFNO. The van der Waals surface area contributed by atoms with Gasteiger partial charge in [0.15, 0.2) is 0 Å². The Morgan fingerprint density at radius 1 is 1.15 bits per heavy atom. The summed E-state index contributed by atoms with van der Waals surface area (Å²) in [6, 6.07) is 10.0. The first-order valence-corrected chi connectivity index (χ1v) is 6.71. The van der Waals surface area contributed by atoms with Crippen molar-refractivity contribution in [2.75, 3.05) is 14.2 Å². The van der Waals surface area contributed by atoms with Crippen LogP contribution in [0.3, 0.4) is 0 Å². The molecule has 20 heavy (non-hydrogen) atoms. The number of hydrogen-bond donors (Lipinski definition) is 1. The van der Waals surface area contributed by atoms with Crippen LogP contribution in [0.15, 0.2) is 36.4 Å². The summed E-state index contributed by atoms with van der Waals surface area (Å²) < 4.78 is 18.9. The average molecular weight is 294 g/mol. The smallest absolute Gasteiger partial charge is 0.124 e. The van der Waals surface area contributed by atoms with Gasteiger partial charge in [-0.05, 0) is 55.4 Å². The highest BCUT2D eigenvalue weighted by atomic mass is 35.5. The zero-order valence-electron chi connectivity index (χ0n) is 11.7. The van der Waals surface area contributed by atoms with Gasteiger partial charge in [0.2, 0.25) is 0 Å². The zero-order chi connectivity index (χ0) is 14.7. The largest absolute Gasteiger partial charge is 0.496 e. The first-order chi connectivity index (χ1) is 9.56. The van der Waals surface area contributed by atoms with Crippen molar-refractivity contribution in [2.24, 2.45) is 0 Å². The second-order valence-electron chi connectivity index (χ2n) is 4.61. The van der Waals surface area contributed by atoms with Crippen LogP contribution in [0.2, 0.25) is 5.02 Å². The molecule has 0 aliphatic carbocycles. The van der Waals surface area contributed by atoms with E-state index >= 15 is 0 Å². The molecule has 4 heteroatoms. The van der Waals surface area contributed by atoms with Gasteiger partial charge in [0, 0.05) is 10.6 Å². The summed E-state index contributed by atoms with van der Waals surface area (Å²) in [5.41, 5.74) is 2.76. The molecule has 0 aromatic heterocycles. The molecule has 0 aliphatic heterocycles. The van der Waals surface area contributed by atoms with Crippen molar-refractivity contribution >= 4 is 11.6 Å². The van der Waals surface area contributed by atoms with Crippen LogP contribution >= 0.6 is 11.6 Å². The van der Waals surface area contributed by atoms with Crippen LogP contribution in [0.25, 0.3) is 0 Å². The zero-order valence-corrected chi connectivity index (χ0v) is 12.5. The van der Waals surface area contributed by atoms with Gasteiger partial charge in [-0.25, -0.2) is 4.39 Å². The molecule has 0 saturated carbocycles. The van der Waals surface area contributed by atoms with Crippen molar-refractivity contribution < 1.29 is 9.13 Å². The maximum Gasteiger partial charge on any atom is 0.124 e. The van der Waals surface area contributed by atoms with Crippen molar-refractivity contribution in [1.29, 1.82) is 0 Å². The average Bonchev–Trinajstić information content (AvgIpc) is 2.44. The van der Waals surface area contributed by atoms with Gasteiger partial charge in [-0.3, -0.25) is 0 Å². The second kappa shape index (κ2) is 6.25. The Morgan fingerprint density at radius 3 is 2.55 bits per heavy atom. The van der Waals surface area contributed by atoms with Crippen LogP contribution in [0.1, 0.15) is 22.7 Å². The van der Waals surface area contributed by atoms with Gasteiger partial charge in [-0.1, -0.05) is 17.7 Å². The number of hydrogen-bond acceptors (Lipinski definition) is 2. The normalized spacial score (nSPS) is 12.2. The van der Waals surface area contributed by atoms with E-state index in [1.807, 2.05) is 26.1 Å². The molecule has 0 fully saturated rings. The predicted molar refractivity (Wildman–Crippen MR) is 80.0 cm³/mol. The van der Waals surface area contributed by atoms with Crippen LogP contribution in [0.4, 0.5) is 4.39 Å². The molecule has 1 N–H and O–H groups in total. The molecule has 2 nitrogen and oxygen atoms in total. The summed E-state index contributed by atoms with van der Waals surface area (Å²) in [6.45, 7) is 1.95. The highest BCUT2D eigenvalue weighted by molar-refractivity contribution is 6.30. The monoisotopic (exact) mass is 293 g/mol. The van der Waals surface area contributed by atoms with Gasteiger partial charge in [0.25, 0.3) is 0 Å². The van der Waals surface area contributed by atoms with Gasteiger partial charge in [-0.2, -0.15) is 0 Å². The summed E-state index contributed by atoms with van der Waals surface area (Å²) >= 11 is 6.08. The minimum Gasteiger partial charge on any atom is -0.496 e. The van der Waals surface area contributed by atoms with Crippen molar-refractivity contribution in [3.8, 4) is 5.75 Å². The maximum absolute atomic E-state index is 13.5. The van der Waals surface area contributed by atoms with Crippen LogP contribution in [-0.4, -0.2) is 14.2 Å². The van der Waals surface area contributed by atoms with Crippen molar-refractivity contribution in [3.05, 3.63) is 63.9 Å². The minimum absolute atomic E-state index is 0.181. The molecule has 2 rings (SSSR count). The van der Waals surface area contributed by atoms with Crippen molar-refractivity contribution in [1.82, 2.24) is 5.32 Å². The third-order valence-electron chi connectivity index (χ3n) is 3.34. The SMILES string of the molecule is CNC(c1cc(F)ccc1C)c1cc(Cl)ccc1OC. The number of ether oxygens (including phenoxy) is 1. The molecular weight excluding hydrogens is 277 g/mol. The Bertz CT molecular complexity index is 615. The molecule has 2 aromatic rings. The molecule has 0 bridgehead atoms. The topological polar surface area (TPSA) is 21.3 Å². The van der Waals surface area contributed by atoms with E-state index in [9.17, 15) is 4.39 Å². The Hall–Kier alpha value is -1.58. The molecule has 0 saturated heterocycles. The van der Waals surface area contributed by atoms with Crippen molar-refractivity contribution in [3.63, 3.8) is 0 Å². The first kappa shape index (κ1) is 14.8. The summed E-state index contributed by atoms with van der Waals surface area (Å²) in [5, 5.41) is 3.82. The van der Waals surface area contributed by atoms with Gasteiger partial charge in [-0.15, -0.1) is 0 Å². The minimum atomic E-state index is -0.258. The Morgan fingerprint density at radius 2 is 1.90 bits per heavy atom. The Labute approximate surface area is 123 Å². The molecule has 0 amide bonds. The van der Waals surface area contributed by atoms with Crippen LogP contribution in [0, 0.1) is 12.7 Å². The van der Waals surface area contributed by atoms with Gasteiger partial charge < -0.3 is 10.1 Å². The van der Waals surface area contributed by atoms with E-state index in [1.165, 1.54) is 12.1 Å². The standard InChI is InChI=1S/C16H17ClFNO/c1-10-4-6-12(18)9-13(10)16(19-2)14-8-11(17)5-7-15(14)20-3/h4-9,16,19H,1-3H3. The molecule has 0 spiro atoms. The summed E-state index contributed by atoms with van der Waals surface area (Å²) in [7, 11) is 3.44. The quantitative estimate of drug-likeness (QED) is 0.916. The van der Waals surface area contributed by atoms with Crippen molar-refractivity contribution in [2.45, 2.75) is 13.0 Å². The van der Waals surface area contributed by atoms with Gasteiger partial charge in [0.05, 0.1) is 13.2 Å². The fourth-order valence-corrected chi connectivity index (χ4v) is 2.51. The third-order valence-corrected chi connectivity index (χ3v) is 3.58. The van der Waals surface area contributed by atoms with E-state index in [4.69, 9.17) is 16.3 Å². The lowest BCUT2D eigenvalue weighted by molar-refractivity contribution is 0.405. The molecule has 1 atom stereocenters. The van der Waals surface area contributed by atoms with E-state index in [0.717, 1.165) is 22.4 Å². The number of benzene rings is 2. The molecule has 2 aromatic carbocycles. The number of methoxy groups -OCH3 is 1. The molecule has 106 valence electrons. The fourth-order valence-electron chi connectivity index (χ4n) is 2.33. The molecule has 0 heterocycles. The molecule has 0 aliphatic rings. The lowest BCUT2D eigenvalue weighted by atomic mass is 9.94. The summed E-state index contributed by atoms with van der Waals surface area (Å²) in [5.74, 6) is 0.462. The van der Waals surface area contributed by atoms with E-state index in [2.05, 4.69) is 5.32 Å². The summed E-state index contributed by atoms with van der Waals surface area (Å²) in [6.07, 6.45) is 0. The molecule has 0 radical (unpaired) electrons. The van der Waals surface area contributed by atoms with Crippen LogP contribution in [0.5, 0.6) is 5.75 Å². The van der Waals surface area contributed by atoms with Gasteiger partial charge in [0.1, 0.15) is 11.6 Å². The Balaban J connectivity index is 2.57. The van der Waals surface area contributed by atoms with E-state index < -0.39 is 0 Å². The first-order valence-electron chi connectivity index (χ1n) is 6.33. The number of aryl methyl sites for hydroxylation is 1. The fraction of sp³-hybridized carbons (Fsp3) is 0.250. The van der Waals surface area contributed by atoms with E-state index in [0.29, 0.717) is 5.02 Å².